The molecule has 0 radical (unpaired) electrons. The average Bonchev–Trinajstić information content (AvgIpc) is 3.26. The molecule has 6 aromatic rings. The Morgan fingerprint density at radius 2 is 0.897 bits per heavy atom. The Labute approximate surface area is 336 Å². The van der Waals surface area contributed by atoms with Crippen molar-refractivity contribution in [2.24, 2.45) is 5.16 Å². The summed E-state index contributed by atoms with van der Waals surface area (Å²) in [4.78, 5) is 45.8. The lowest BCUT2D eigenvalue weighted by atomic mass is 10.0. The van der Waals surface area contributed by atoms with E-state index in [4.69, 9.17) is 23.2 Å². The molecule has 0 heterocycles. The van der Waals surface area contributed by atoms with Gasteiger partial charge in [0.1, 0.15) is 13.7 Å². The molecule has 58 heavy (non-hydrogen) atoms. The number of esters is 3. The second-order valence-electron chi connectivity index (χ2n) is 12.9. The lowest BCUT2D eigenvalue weighted by Gasteiger charge is -2.30. The molecule has 6 aromatic carbocycles. The summed E-state index contributed by atoms with van der Waals surface area (Å²) in [5.74, 6) is -2.61. The molecule has 6 rings (SSSR count). The molecule has 0 N–H and O–H groups in total. The summed E-state index contributed by atoms with van der Waals surface area (Å²) >= 11 is 0. The molecule has 0 aliphatic heterocycles. The average molecular weight is 798 g/mol. The number of carbonyl (C=O) groups is 3. The highest BCUT2D eigenvalue weighted by atomic mass is 32.2. The van der Waals surface area contributed by atoms with Crippen LogP contribution in [0.15, 0.2) is 169 Å². The van der Waals surface area contributed by atoms with Gasteiger partial charge in [-0.05, 0) is 69.8 Å². The van der Waals surface area contributed by atoms with Crippen LogP contribution in [0.2, 0.25) is 0 Å². The van der Waals surface area contributed by atoms with Crippen LogP contribution >= 0.6 is 0 Å². The van der Waals surface area contributed by atoms with Crippen LogP contribution < -0.4 is 0 Å². The lowest BCUT2D eigenvalue weighted by Crippen LogP contribution is -2.48. The van der Waals surface area contributed by atoms with E-state index in [9.17, 15) is 22.8 Å². The van der Waals surface area contributed by atoms with Gasteiger partial charge in [-0.2, -0.15) is 8.42 Å². The van der Waals surface area contributed by atoms with E-state index in [1.165, 1.54) is 19.2 Å². The third kappa shape index (κ3) is 11.1. The minimum atomic E-state index is -4.32. The quantitative estimate of drug-likeness (QED) is 0.0309. The predicted octanol–water partition coefficient (Wildman–Crippen LogP) is 8.27. The minimum absolute atomic E-state index is 0.0866. The summed E-state index contributed by atoms with van der Waals surface area (Å²) in [5.41, 5.74) is 5.69. The number of ether oxygens (including phenoxy) is 3. The van der Waals surface area contributed by atoms with E-state index >= 15 is 0 Å². The van der Waals surface area contributed by atoms with E-state index in [-0.39, 0.29) is 16.7 Å². The first-order valence-electron chi connectivity index (χ1n) is 18.1. The van der Waals surface area contributed by atoms with E-state index < -0.39 is 52.9 Å². The Kier molecular flexibility index (Phi) is 13.6. The Bertz CT molecular complexity index is 2420. The smallest absolute Gasteiger partial charge is 0.338 e. The zero-order chi connectivity index (χ0) is 40.9. The van der Waals surface area contributed by atoms with Gasteiger partial charge in [0.15, 0.2) is 18.3 Å². The Hall–Kier alpha value is -6.89. The monoisotopic (exact) mass is 797 g/mol. The second-order valence-corrected chi connectivity index (χ2v) is 14.5. The SMILES string of the molecule is CO/N=C/[C@@H](OC(=O)c1ccc(-c2ccccc2)cc1)[C@@H](OC(=O)c1ccc(-c2ccccc2)cc1)[C@H](COC(=O)c1ccc(-c2ccccc2)cc1)OS(C)(=O)=O. The summed E-state index contributed by atoms with van der Waals surface area (Å²) in [6.45, 7) is -0.752. The molecule has 0 aromatic heterocycles. The highest BCUT2D eigenvalue weighted by molar-refractivity contribution is 7.86. The molecule has 11 nitrogen and oxygen atoms in total. The number of oxime groups is 1. The molecule has 294 valence electrons. The lowest BCUT2D eigenvalue weighted by molar-refractivity contribution is -0.0683. The predicted molar refractivity (Wildman–Crippen MR) is 220 cm³/mol. The molecule has 0 amide bonds. The normalized spacial score (nSPS) is 12.9. The third-order valence-electron chi connectivity index (χ3n) is 8.85. The van der Waals surface area contributed by atoms with E-state index in [0.717, 1.165) is 45.9 Å². The van der Waals surface area contributed by atoms with Crippen molar-refractivity contribution in [3.63, 3.8) is 0 Å². The van der Waals surface area contributed by atoms with Crippen LogP contribution in [0.25, 0.3) is 33.4 Å². The molecule has 0 aliphatic rings. The first kappa shape index (κ1) is 40.8. The van der Waals surface area contributed by atoms with Gasteiger partial charge in [-0.3, -0.25) is 4.18 Å². The maximum atomic E-state index is 13.8. The van der Waals surface area contributed by atoms with Gasteiger partial charge in [-0.25, -0.2) is 14.4 Å². The summed E-state index contributed by atoms with van der Waals surface area (Å²) in [7, 11) is -3.08. The topological polar surface area (TPSA) is 144 Å². The van der Waals surface area contributed by atoms with E-state index in [1.54, 1.807) is 60.7 Å². The van der Waals surface area contributed by atoms with Crippen LogP contribution in [-0.2, 0) is 33.3 Å². The van der Waals surface area contributed by atoms with Gasteiger partial charge in [-0.1, -0.05) is 133 Å². The second kappa shape index (κ2) is 19.3. The van der Waals surface area contributed by atoms with E-state index in [0.29, 0.717) is 0 Å². The molecular weight excluding hydrogens is 759 g/mol. The fourth-order valence-corrected chi connectivity index (χ4v) is 6.59. The summed E-state index contributed by atoms with van der Waals surface area (Å²) in [6, 6.07) is 48.3. The Morgan fingerprint density at radius 3 is 1.28 bits per heavy atom. The number of carbonyl (C=O) groups excluding carboxylic acids is 3. The Balaban J connectivity index is 1.30. The number of hydrogen-bond acceptors (Lipinski definition) is 11. The first-order valence-corrected chi connectivity index (χ1v) is 19.9. The van der Waals surface area contributed by atoms with Crippen LogP contribution in [0.4, 0.5) is 0 Å². The standard InChI is InChI=1S/C46H39NO10S/c1-53-47-30-41(55-45(49)39-26-20-36(21-27-39)33-14-8-4-9-15-33)43(56-46(50)40-28-22-37(23-29-40)34-16-10-5-11-17-34)42(57-58(2,51)52)31-54-44(48)38-24-18-35(19-25-38)32-12-6-3-7-13-32/h3-30,41-43H,31H2,1-2H3/b47-30+/t41-,42+,43-/m1/s1. The van der Waals surface area contributed by atoms with Crippen molar-refractivity contribution in [2.45, 2.75) is 18.3 Å². The number of rotatable bonds is 16. The van der Waals surface area contributed by atoms with Gasteiger partial charge in [0.2, 0.25) is 0 Å². The molecule has 0 saturated carbocycles. The van der Waals surface area contributed by atoms with Crippen molar-refractivity contribution in [2.75, 3.05) is 20.0 Å². The van der Waals surface area contributed by atoms with Crippen LogP contribution in [0.1, 0.15) is 31.1 Å². The molecule has 0 unspecified atom stereocenters. The zero-order valence-corrected chi connectivity index (χ0v) is 32.4. The molecule has 0 aliphatic carbocycles. The fourth-order valence-electron chi connectivity index (χ4n) is 5.97. The van der Waals surface area contributed by atoms with Gasteiger partial charge in [0.05, 0.1) is 29.2 Å². The Morgan fingerprint density at radius 1 is 0.534 bits per heavy atom. The van der Waals surface area contributed by atoms with Crippen molar-refractivity contribution in [1.29, 1.82) is 0 Å². The van der Waals surface area contributed by atoms with Crippen LogP contribution in [-0.4, -0.2) is 70.8 Å². The summed E-state index contributed by atoms with van der Waals surface area (Å²) in [6.07, 6.45) is -3.31. The van der Waals surface area contributed by atoms with Gasteiger partial charge >= 0.3 is 17.9 Å². The van der Waals surface area contributed by atoms with Gasteiger partial charge in [-0.15, -0.1) is 0 Å². The van der Waals surface area contributed by atoms with Gasteiger partial charge in [0.25, 0.3) is 10.1 Å². The first-order chi connectivity index (χ1) is 28.1. The number of nitrogens with zero attached hydrogens (tertiary/aromatic N) is 1. The highest BCUT2D eigenvalue weighted by Crippen LogP contribution is 2.25. The maximum Gasteiger partial charge on any atom is 0.338 e. The molecule has 0 bridgehead atoms. The van der Waals surface area contributed by atoms with E-state index in [1.807, 2.05) is 91.0 Å². The fraction of sp³-hybridized carbons (Fsp3) is 0.130. The van der Waals surface area contributed by atoms with E-state index in [2.05, 4.69) is 5.16 Å². The highest BCUT2D eigenvalue weighted by Gasteiger charge is 2.40. The molecular formula is C46H39NO10S. The van der Waals surface area contributed by atoms with Crippen LogP contribution in [0.5, 0.6) is 0 Å². The maximum absolute atomic E-state index is 13.8. The molecule has 0 saturated heterocycles. The minimum Gasteiger partial charge on any atom is -0.459 e. The number of benzene rings is 6. The largest absolute Gasteiger partial charge is 0.459 e. The van der Waals surface area contributed by atoms with Gasteiger partial charge < -0.3 is 19.0 Å². The molecule has 0 fully saturated rings. The van der Waals surface area contributed by atoms with Crippen LogP contribution in [0.3, 0.4) is 0 Å². The molecule has 12 heteroatoms. The number of hydrogen-bond donors (Lipinski definition) is 0. The van der Waals surface area contributed by atoms with Crippen molar-refractivity contribution < 1.29 is 46.0 Å². The molecule has 0 spiro atoms. The van der Waals surface area contributed by atoms with Crippen molar-refractivity contribution in [3.8, 4) is 33.4 Å². The third-order valence-corrected chi connectivity index (χ3v) is 9.45. The summed E-state index contributed by atoms with van der Waals surface area (Å²) < 4.78 is 48.2. The van der Waals surface area contributed by atoms with Crippen LogP contribution in [0, 0.1) is 0 Å². The van der Waals surface area contributed by atoms with Crippen molar-refractivity contribution in [3.05, 3.63) is 180 Å². The van der Waals surface area contributed by atoms with Crippen molar-refractivity contribution >= 4 is 34.2 Å². The van der Waals surface area contributed by atoms with Crippen molar-refractivity contribution in [1.82, 2.24) is 0 Å². The van der Waals surface area contributed by atoms with Gasteiger partial charge in [0, 0.05) is 0 Å². The zero-order valence-electron chi connectivity index (χ0n) is 31.5. The summed E-state index contributed by atoms with van der Waals surface area (Å²) in [5, 5.41) is 3.77. The molecule has 3 atom stereocenters.